The summed E-state index contributed by atoms with van der Waals surface area (Å²) < 4.78 is 27.7. The molecular weight excluding hydrogens is 256 g/mol. The molecule has 0 aliphatic carbocycles. The maximum Gasteiger partial charge on any atom is 0.335 e. The summed E-state index contributed by atoms with van der Waals surface area (Å²) in [6.07, 6.45) is 0.427. The molecule has 6 heteroatoms. The van der Waals surface area contributed by atoms with Crippen LogP contribution in [0.2, 0.25) is 0 Å². The topological polar surface area (TPSA) is 80.7 Å². The van der Waals surface area contributed by atoms with Crippen LogP contribution in [-0.2, 0) is 9.84 Å². The molecule has 0 fully saturated rings. The van der Waals surface area contributed by atoms with Crippen LogP contribution >= 0.6 is 0 Å². The van der Waals surface area contributed by atoms with Gasteiger partial charge in [0.2, 0.25) is 0 Å². The van der Waals surface area contributed by atoms with Gasteiger partial charge in [-0.1, -0.05) is 6.92 Å². The predicted octanol–water partition coefficient (Wildman–Crippen LogP) is 1.59. The van der Waals surface area contributed by atoms with Gasteiger partial charge in [0.1, 0.15) is 15.6 Å². The molecule has 0 aliphatic rings. The standard InChI is InChI=1S/C12H16O5S/c1-2-18(15,16)9-3-8-17-11-6-4-10(5-7-11)12(13)14/h4-7H,2-3,8-9H2,1H3,(H,13,14). The highest BCUT2D eigenvalue weighted by Crippen LogP contribution is 2.12. The van der Waals surface area contributed by atoms with Crippen molar-refractivity contribution < 1.29 is 23.1 Å². The van der Waals surface area contributed by atoms with E-state index in [4.69, 9.17) is 9.84 Å². The number of aromatic carboxylic acids is 1. The second kappa shape index (κ2) is 6.39. The summed E-state index contributed by atoms with van der Waals surface area (Å²) in [5.41, 5.74) is 0.191. The highest BCUT2D eigenvalue weighted by molar-refractivity contribution is 7.91. The Kier molecular flexibility index (Phi) is 5.15. The molecule has 0 aliphatic heterocycles. The summed E-state index contributed by atoms with van der Waals surface area (Å²) in [4.78, 5) is 10.6. The quantitative estimate of drug-likeness (QED) is 0.762. The Morgan fingerprint density at radius 3 is 2.39 bits per heavy atom. The van der Waals surface area contributed by atoms with Crippen LogP contribution in [-0.4, -0.2) is 37.6 Å². The number of carbonyl (C=O) groups is 1. The molecule has 1 aromatic carbocycles. The van der Waals surface area contributed by atoms with Crippen LogP contribution in [0.25, 0.3) is 0 Å². The lowest BCUT2D eigenvalue weighted by atomic mass is 10.2. The molecule has 0 aromatic heterocycles. The van der Waals surface area contributed by atoms with Crippen LogP contribution in [0.1, 0.15) is 23.7 Å². The lowest BCUT2D eigenvalue weighted by Crippen LogP contribution is -2.11. The number of benzene rings is 1. The Morgan fingerprint density at radius 1 is 1.28 bits per heavy atom. The van der Waals surface area contributed by atoms with E-state index in [1.807, 2.05) is 0 Å². The third kappa shape index (κ3) is 4.75. The Bertz CT molecular complexity index is 490. The van der Waals surface area contributed by atoms with Crippen molar-refractivity contribution in [3.63, 3.8) is 0 Å². The molecule has 0 spiro atoms. The molecule has 1 rings (SSSR count). The van der Waals surface area contributed by atoms with Crippen molar-refractivity contribution in [2.24, 2.45) is 0 Å². The van der Waals surface area contributed by atoms with E-state index in [2.05, 4.69) is 0 Å². The third-order valence-electron chi connectivity index (χ3n) is 2.41. The highest BCUT2D eigenvalue weighted by atomic mass is 32.2. The van der Waals surface area contributed by atoms with Gasteiger partial charge >= 0.3 is 5.97 Å². The monoisotopic (exact) mass is 272 g/mol. The summed E-state index contributed by atoms with van der Waals surface area (Å²) >= 11 is 0. The molecule has 0 radical (unpaired) electrons. The summed E-state index contributed by atoms with van der Waals surface area (Å²) in [7, 11) is -2.95. The van der Waals surface area contributed by atoms with E-state index in [9.17, 15) is 13.2 Å². The normalized spacial score (nSPS) is 11.2. The molecule has 100 valence electrons. The zero-order valence-electron chi connectivity index (χ0n) is 10.1. The molecule has 0 amide bonds. The molecule has 0 saturated heterocycles. The summed E-state index contributed by atoms with van der Waals surface area (Å²) in [6.45, 7) is 1.91. The second-order valence-corrected chi connectivity index (χ2v) is 6.24. The minimum absolute atomic E-state index is 0.108. The third-order valence-corrected chi connectivity index (χ3v) is 4.20. The SMILES string of the molecule is CCS(=O)(=O)CCCOc1ccc(C(=O)O)cc1. The molecule has 1 aromatic rings. The van der Waals surface area contributed by atoms with E-state index in [1.54, 1.807) is 19.1 Å². The van der Waals surface area contributed by atoms with E-state index < -0.39 is 15.8 Å². The number of carboxylic acid groups (broad SMARTS) is 1. The number of sulfone groups is 1. The summed E-state index contributed by atoms with van der Waals surface area (Å²) in [6, 6.07) is 6.00. The summed E-state index contributed by atoms with van der Waals surface area (Å²) in [5.74, 6) is -0.207. The maximum absolute atomic E-state index is 11.2. The minimum atomic E-state index is -2.95. The molecular formula is C12H16O5S. The van der Waals surface area contributed by atoms with E-state index in [1.165, 1.54) is 12.1 Å². The Balaban J connectivity index is 2.38. The number of ether oxygens (including phenoxy) is 1. The first kappa shape index (κ1) is 14.5. The first-order chi connectivity index (χ1) is 8.44. The first-order valence-corrected chi connectivity index (χ1v) is 7.43. The van der Waals surface area contributed by atoms with Gasteiger partial charge in [-0.3, -0.25) is 0 Å². The highest BCUT2D eigenvalue weighted by Gasteiger charge is 2.07. The van der Waals surface area contributed by atoms with Crippen molar-refractivity contribution in [3.8, 4) is 5.75 Å². The van der Waals surface area contributed by atoms with Crippen LogP contribution in [0, 0.1) is 0 Å². The molecule has 0 heterocycles. The molecule has 1 N–H and O–H groups in total. The van der Waals surface area contributed by atoms with Crippen LogP contribution < -0.4 is 4.74 Å². The summed E-state index contributed by atoms with van der Waals surface area (Å²) in [5, 5.41) is 8.70. The van der Waals surface area contributed by atoms with Crippen LogP contribution in [0.5, 0.6) is 5.75 Å². The van der Waals surface area contributed by atoms with Gasteiger partial charge in [0, 0.05) is 5.75 Å². The van der Waals surface area contributed by atoms with Gasteiger partial charge in [-0.05, 0) is 30.7 Å². The van der Waals surface area contributed by atoms with Crippen LogP contribution in [0.3, 0.4) is 0 Å². The smallest absolute Gasteiger partial charge is 0.335 e. The van der Waals surface area contributed by atoms with Gasteiger partial charge < -0.3 is 9.84 Å². The molecule has 0 unspecified atom stereocenters. The van der Waals surface area contributed by atoms with Crippen LogP contribution in [0.15, 0.2) is 24.3 Å². The van der Waals surface area contributed by atoms with Gasteiger partial charge in [-0.15, -0.1) is 0 Å². The average molecular weight is 272 g/mol. The average Bonchev–Trinajstić information content (AvgIpc) is 2.35. The Morgan fingerprint density at radius 2 is 1.89 bits per heavy atom. The zero-order valence-corrected chi connectivity index (χ0v) is 10.9. The maximum atomic E-state index is 11.2. The minimum Gasteiger partial charge on any atom is -0.494 e. The van der Waals surface area contributed by atoms with Crippen molar-refractivity contribution in [3.05, 3.63) is 29.8 Å². The second-order valence-electron chi connectivity index (χ2n) is 3.77. The largest absolute Gasteiger partial charge is 0.494 e. The van der Waals surface area contributed by atoms with E-state index in [-0.39, 0.29) is 17.1 Å². The van der Waals surface area contributed by atoms with Gasteiger partial charge in [0.15, 0.2) is 0 Å². The van der Waals surface area contributed by atoms with Crippen molar-refractivity contribution >= 4 is 15.8 Å². The van der Waals surface area contributed by atoms with E-state index in [0.717, 1.165) is 0 Å². The van der Waals surface area contributed by atoms with Crippen LogP contribution in [0.4, 0.5) is 0 Å². The molecule has 0 bridgehead atoms. The van der Waals surface area contributed by atoms with Gasteiger partial charge in [-0.25, -0.2) is 13.2 Å². The lowest BCUT2D eigenvalue weighted by Gasteiger charge is -2.06. The predicted molar refractivity (Wildman–Crippen MR) is 67.8 cm³/mol. The fourth-order valence-electron chi connectivity index (χ4n) is 1.31. The van der Waals surface area contributed by atoms with Crippen molar-refractivity contribution in [1.29, 1.82) is 0 Å². The number of hydrogen-bond donors (Lipinski definition) is 1. The lowest BCUT2D eigenvalue weighted by molar-refractivity contribution is 0.0697. The van der Waals surface area contributed by atoms with E-state index >= 15 is 0 Å². The molecule has 18 heavy (non-hydrogen) atoms. The molecule has 5 nitrogen and oxygen atoms in total. The number of carboxylic acids is 1. The van der Waals surface area contributed by atoms with Crippen molar-refractivity contribution in [2.45, 2.75) is 13.3 Å². The number of rotatable bonds is 7. The van der Waals surface area contributed by atoms with Gasteiger partial charge in [0.25, 0.3) is 0 Å². The fraction of sp³-hybridized carbons (Fsp3) is 0.417. The van der Waals surface area contributed by atoms with Gasteiger partial charge in [0.05, 0.1) is 17.9 Å². The Labute approximate surface area is 106 Å². The van der Waals surface area contributed by atoms with E-state index in [0.29, 0.717) is 18.8 Å². The molecule has 0 saturated carbocycles. The van der Waals surface area contributed by atoms with Gasteiger partial charge in [-0.2, -0.15) is 0 Å². The fourth-order valence-corrected chi connectivity index (χ4v) is 2.15. The Hall–Kier alpha value is -1.56. The van der Waals surface area contributed by atoms with Crippen molar-refractivity contribution in [2.75, 3.05) is 18.1 Å². The van der Waals surface area contributed by atoms with Crippen molar-refractivity contribution in [1.82, 2.24) is 0 Å². The zero-order chi connectivity index (χ0) is 13.6. The molecule has 0 atom stereocenters. The first-order valence-electron chi connectivity index (χ1n) is 5.61. The number of hydrogen-bond acceptors (Lipinski definition) is 4.